The van der Waals surface area contributed by atoms with E-state index in [0.29, 0.717) is 40.5 Å². The van der Waals surface area contributed by atoms with E-state index >= 15 is 0 Å². The van der Waals surface area contributed by atoms with Crippen molar-refractivity contribution in [1.82, 2.24) is 15.0 Å². The van der Waals surface area contributed by atoms with Crippen LogP contribution in [0.1, 0.15) is 11.3 Å². The molecule has 3 aromatic heterocycles. The molecular formula is C24H19ClN6OS. The molecule has 4 aromatic rings. The zero-order valence-corrected chi connectivity index (χ0v) is 19.1. The van der Waals surface area contributed by atoms with Crippen molar-refractivity contribution in [2.24, 2.45) is 17.6 Å². The Balaban J connectivity index is 1.32. The van der Waals surface area contributed by atoms with Crippen molar-refractivity contribution in [3.63, 3.8) is 0 Å². The lowest BCUT2D eigenvalue weighted by molar-refractivity contribution is -0.577. The molecule has 0 radical (unpaired) electrons. The van der Waals surface area contributed by atoms with Crippen LogP contribution in [0.5, 0.6) is 0 Å². The highest BCUT2D eigenvalue weighted by molar-refractivity contribution is 7.99. The fraction of sp³-hybridized carbons (Fsp3) is 0.250. The Hall–Kier alpha value is -2.94. The lowest BCUT2D eigenvalue weighted by Crippen LogP contribution is -2.29. The Labute approximate surface area is 199 Å². The van der Waals surface area contributed by atoms with Gasteiger partial charge in [0, 0.05) is 59.4 Å². The molecule has 2 fully saturated rings. The number of aromatic nitrogens is 4. The van der Waals surface area contributed by atoms with E-state index in [1.165, 1.54) is 18.0 Å². The molecule has 1 saturated carbocycles. The second-order valence-corrected chi connectivity index (χ2v) is 10.4. The molecule has 1 aliphatic heterocycles. The monoisotopic (exact) mass is 474 g/mol. The van der Waals surface area contributed by atoms with Crippen LogP contribution < -0.4 is 15.4 Å². The molecule has 0 spiro atoms. The fourth-order valence-electron chi connectivity index (χ4n) is 5.24. The first-order valence-corrected chi connectivity index (χ1v) is 12.1. The van der Waals surface area contributed by atoms with Gasteiger partial charge in [-0.3, -0.25) is 0 Å². The molecule has 2 aliphatic carbocycles. The average molecular weight is 475 g/mol. The summed E-state index contributed by atoms with van der Waals surface area (Å²) in [5, 5.41) is 13.6. The molecule has 2 unspecified atom stereocenters. The summed E-state index contributed by atoms with van der Waals surface area (Å²) < 4.78 is 0.833. The molecular weight excluding hydrogens is 456 g/mol. The molecule has 0 amide bonds. The number of hydrogen-bond donors (Lipinski definition) is 1. The molecule has 0 bridgehead atoms. The summed E-state index contributed by atoms with van der Waals surface area (Å²) in [5.41, 5.74) is 11.7. The van der Waals surface area contributed by atoms with E-state index in [9.17, 15) is 5.21 Å². The third-order valence-electron chi connectivity index (χ3n) is 7.03. The molecule has 4 heterocycles. The summed E-state index contributed by atoms with van der Waals surface area (Å²) in [5.74, 6) is 2.05. The van der Waals surface area contributed by atoms with Gasteiger partial charge in [-0.15, -0.1) is 0 Å². The maximum atomic E-state index is 12.2. The predicted molar refractivity (Wildman–Crippen MR) is 127 cm³/mol. The van der Waals surface area contributed by atoms with Gasteiger partial charge in [-0.25, -0.2) is 15.0 Å². The number of rotatable bonds is 3. The number of nitrogens with zero attached hydrogens (tertiary/aromatic N) is 5. The molecule has 164 valence electrons. The van der Waals surface area contributed by atoms with Crippen molar-refractivity contribution in [2.75, 3.05) is 18.0 Å². The number of pyridine rings is 2. The number of benzene rings is 1. The summed E-state index contributed by atoms with van der Waals surface area (Å²) >= 11 is 7.96. The topological polar surface area (TPSA) is 94.9 Å². The minimum absolute atomic E-state index is 0.314. The van der Waals surface area contributed by atoms with E-state index in [1.807, 2.05) is 24.3 Å². The number of fused-ring (bicyclic) bond motifs is 5. The largest absolute Gasteiger partial charge is 0.618 e. The zero-order chi connectivity index (χ0) is 22.3. The van der Waals surface area contributed by atoms with Gasteiger partial charge in [-0.05, 0) is 46.9 Å². The first-order valence-electron chi connectivity index (χ1n) is 10.9. The van der Waals surface area contributed by atoms with Crippen molar-refractivity contribution in [2.45, 2.75) is 22.5 Å². The third-order valence-corrected chi connectivity index (χ3v) is 8.21. The van der Waals surface area contributed by atoms with Gasteiger partial charge < -0.3 is 15.8 Å². The van der Waals surface area contributed by atoms with Crippen molar-refractivity contribution < 1.29 is 4.73 Å². The summed E-state index contributed by atoms with van der Waals surface area (Å²) in [6.07, 6.45) is 3.93. The zero-order valence-electron chi connectivity index (χ0n) is 17.5. The van der Waals surface area contributed by atoms with Gasteiger partial charge >= 0.3 is 0 Å². The quantitative estimate of drug-likeness (QED) is 0.243. The SMILES string of the molecule is NC1C2CN(c3nc(Sc4cnc5ccc[n+]([O-])c5c4)nc4c3-c3cccc(Cl)c3C4)CC12. The number of halogens is 1. The molecule has 7 nitrogen and oxygen atoms in total. The number of anilines is 1. The van der Waals surface area contributed by atoms with E-state index in [2.05, 4.69) is 16.0 Å². The van der Waals surface area contributed by atoms with E-state index in [1.54, 1.807) is 12.3 Å². The van der Waals surface area contributed by atoms with Crippen LogP contribution >= 0.6 is 23.4 Å². The van der Waals surface area contributed by atoms with Gasteiger partial charge in [0.15, 0.2) is 11.4 Å². The third kappa shape index (κ3) is 3.01. The number of nitrogens with two attached hydrogens (primary N) is 1. The second kappa shape index (κ2) is 7.03. The Morgan fingerprint density at radius 2 is 2.00 bits per heavy atom. The summed E-state index contributed by atoms with van der Waals surface area (Å²) in [7, 11) is 0. The lowest BCUT2D eigenvalue weighted by atomic mass is 10.1. The van der Waals surface area contributed by atoms with Crippen molar-refractivity contribution in [1.29, 1.82) is 0 Å². The van der Waals surface area contributed by atoms with Crippen LogP contribution in [-0.4, -0.2) is 34.1 Å². The average Bonchev–Trinajstić information content (AvgIpc) is 3.17. The molecule has 7 rings (SSSR count). The summed E-state index contributed by atoms with van der Waals surface area (Å²) in [6.45, 7) is 1.84. The minimum Gasteiger partial charge on any atom is -0.618 e. The minimum atomic E-state index is 0.314. The Bertz CT molecular complexity index is 1450. The standard InChI is InChI=1S/C24H19ClN6OS/c25-17-4-1-3-13-14(17)8-19-21(13)23(30-10-15-16(11-30)22(15)26)29-24(28-19)33-12-7-20-18(27-9-12)5-2-6-31(20)32/h1-7,9,15-16,22H,8,10-11,26H2. The molecule has 1 saturated heterocycles. The highest BCUT2D eigenvalue weighted by Gasteiger charge is 2.54. The van der Waals surface area contributed by atoms with Crippen LogP contribution in [0.15, 0.2) is 58.8 Å². The maximum absolute atomic E-state index is 12.2. The molecule has 1 aromatic carbocycles. The van der Waals surface area contributed by atoms with Gasteiger partial charge in [-0.2, -0.15) is 4.73 Å². The Morgan fingerprint density at radius 3 is 2.85 bits per heavy atom. The highest BCUT2D eigenvalue weighted by atomic mass is 35.5. The van der Waals surface area contributed by atoms with Crippen LogP contribution in [-0.2, 0) is 6.42 Å². The maximum Gasteiger partial charge on any atom is 0.243 e. The van der Waals surface area contributed by atoms with Crippen LogP contribution in [0.2, 0.25) is 5.02 Å². The fourth-order valence-corrected chi connectivity index (χ4v) is 6.26. The first-order chi connectivity index (χ1) is 16.1. The van der Waals surface area contributed by atoms with Crippen molar-refractivity contribution in [3.05, 3.63) is 70.3 Å². The molecule has 2 atom stereocenters. The van der Waals surface area contributed by atoms with E-state index in [-0.39, 0.29) is 0 Å². The molecule has 2 N–H and O–H groups in total. The van der Waals surface area contributed by atoms with Gasteiger partial charge in [0.2, 0.25) is 5.52 Å². The number of hydrogen-bond acceptors (Lipinski definition) is 7. The van der Waals surface area contributed by atoms with E-state index in [0.717, 1.165) is 55.9 Å². The Kier molecular flexibility index (Phi) is 4.16. The van der Waals surface area contributed by atoms with Gasteiger partial charge in [-0.1, -0.05) is 23.7 Å². The van der Waals surface area contributed by atoms with E-state index in [4.69, 9.17) is 27.3 Å². The lowest BCUT2D eigenvalue weighted by Gasteiger charge is -2.23. The van der Waals surface area contributed by atoms with E-state index < -0.39 is 0 Å². The normalized spacial score (nSPS) is 22.4. The summed E-state index contributed by atoms with van der Waals surface area (Å²) in [6, 6.07) is 11.7. The van der Waals surface area contributed by atoms with Crippen LogP contribution in [0.25, 0.3) is 22.2 Å². The van der Waals surface area contributed by atoms with Crippen LogP contribution in [0.3, 0.4) is 0 Å². The van der Waals surface area contributed by atoms with Gasteiger partial charge in [0.05, 0.1) is 5.69 Å². The van der Waals surface area contributed by atoms with Gasteiger partial charge in [0.1, 0.15) is 11.3 Å². The second-order valence-electron chi connectivity index (χ2n) is 8.92. The molecule has 3 aliphatic rings. The van der Waals surface area contributed by atoms with Crippen LogP contribution in [0, 0.1) is 17.0 Å². The Morgan fingerprint density at radius 1 is 1.15 bits per heavy atom. The number of piperidine rings is 1. The van der Waals surface area contributed by atoms with Gasteiger partial charge in [0.25, 0.3) is 0 Å². The molecule has 9 heteroatoms. The van der Waals surface area contributed by atoms with Crippen molar-refractivity contribution in [3.8, 4) is 11.1 Å². The summed E-state index contributed by atoms with van der Waals surface area (Å²) in [4.78, 5) is 17.5. The van der Waals surface area contributed by atoms with Crippen LogP contribution in [0.4, 0.5) is 5.82 Å². The van der Waals surface area contributed by atoms with Crippen molar-refractivity contribution >= 4 is 40.2 Å². The smallest absolute Gasteiger partial charge is 0.243 e. The molecule has 33 heavy (non-hydrogen) atoms. The highest BCUT2D eigenvalue weighted by Crippen LogP contribution is 2.50. The predicted octanol–water partition coefficient (Wildman–Crippen LogP) is 3.43. The first kappa shape index (κ1) is 19.5.